The summed E-state index contributed by atoms with van der Waals surface area (Å²) in [6, 6.07) is 6.84. The van der Waals surface area contributed by atoms with E-state index in [0.717, 1.165) is 0 Å². The first-order chi connectivity index (χ1) is 10.1. The molecular weight excluding hydrogens is 310 g/mol. The van der Waals surface area contributed by atoms with E-state index in [2.05, 4.69) is 0 Å². The molecule has 1 fully saturated rings. The molecule has 0 N–H and O–H groups in total. The summed E-state index contributed by atoms with van der Waals surface area (Å²) in [4.78, 5) is 14.9. The molecule has 1 atom stereocenters. The van der Waals surface area contributed by atoms with Crippen LogP contribution in [0.2, 0.25) is 0 Å². The average molecular weight is 325 g/mol. The Balaban J connectivity index is 1.86. The number of hydrogen-bond acceptors (Lipinski definition) is 5. The fourth-order valence-corrected chi connectivity index (χ4v) is 4.91. The maximum atomic E-state index is 12.6. The average Bonchev–Trinajstić information content (AvgIpc) is 3.16. The van der Waals surface area contributed by atoms with Crippen molar-refractivity contribution >= 4 is 27.1 Å². The fraction of sp³-hybridized carbons (Fsp3) is 0.357. The molecule has 1 saturated heterocycles. The summed E-state index contributed by atoms with van der Waals surface area (Å²) < 4.78 is 28.7. The van der Waals surface area contributed by atoms with Crippen LogP contribution in [0.3, 0.4) is 0 Å². The summed E-state index contributed by atoms with van der Waals surface area (Å²) in [6.07, 6.45) is 2.04. The SMILES string of the molecule is O=C(c1cccs1)N(Cc1ccco1)[C@H]1CCS(=O)(=O)C1. The molecule has 0 aromatic carbocycles. The van der Waals surface area contributed by atoms with Gasteiger partial charge in [-0.25, -0.2) is 8.42 Å². The molecule has 0 spiro atoms. The van der Waals surface area contributed by atoms with E-state index in [1.165, 1.54) is 11.3 Å². The topological polar surface area (TPSA) is 67.6 Å². The summed E-state index contributed by atoms with van der Waals surface area (Å²) in [5, 5.41) is 1.84. The summed E-state index contributed by atoms with van der Waals surface area (Å²) in [6.45, 7) is 0.296. The Hall–Kier alpha value is -1.60. The predicted octanol–water partition coefficient (Wildman–Crippen LogP) is 2.17. The number of hydrogen-bond donors (Lipinski definition) is 0. The highest BCUT2D eigenvalue weighted by Gasteiger charge is 2.35. The van der Waals surface area contributed by atoms with E-state index in [0.29, 0.717) is 23.6 Å². The third-order valence-electron chi connectivity index (χ3n) is 3.55. The number of sulfone groups is 1. The zero-order valence-corrected chi connectivity index (χ0v) is 12.9. The quantitative estimate of drug-likeness (QED) is 0.864. The summed E-state index contributed by atoms with van der Waals surface area (Å²) in [7, 11) is -3.04. The second-order valence-corrected chi connectivity index (χ2v) is 8.22. The van der Waals surface area contributed by atoms with Gasteiger partial charge < -0.3 is 9.32 Å². The van der Waals surface area contributed by atoms with Crippen LogP contribution in [-0.2, 0) is 16.4 Å². The Labute approximate surface area is 127 Å². The minimum absolute atomic E-state index is 0.0326. The lowest BCUT2D eigenvalue weighted by atomic mass is 10.2. The standard InChI is InChI=1S/C14H15NO4S2/c16-14(13-4-2-7-20-13)15(9-12-3-1-6-19-12)11-5-8-21(17,18)10-11/h1-4,6-7,11H,5,8-10H2/t11-/m0/s1. The number of amides is 1. The van der Waals surface area contributed by atoms with Gasteiger partial charge in [0.05, 0.1) is 29.2 Å². The second-order valence-electron chi connectivity index (χ2n) is 5.05. The molecular formula is C14H15NO4S2. The van der Waals surface area contributed by atoms with Crippen molar-refractivity contribution in [2.75, 3.05) is 11.5 Å². The highest BCUT2D eigenvalue weighted by atomic mass is 32.2. The molecule has 0 aliphatic carbocycles. The lowest BCUT2D eigenvalue weighted by Gasteiger charge is -2.27. The summed E-state index contributed by atoms with van der Waals surface area (Å²) in [5.41, 5.74) is 0. The van der Waals surface area contributed by atoms with Crippen LogP contribution in [0.5, 0.6) is 0 Å². The van der Waals surface area contributed by atoms with E-state index in [9.17, 15) is 13.2 Å². The molecule has 5 nitrogen and oxygen atoms in total. The molecule has 2 aromatic heterocycles. The molecule has 0 bridgehead atoms. The Kier molecular flexibility index (Phi) is 3.86. The molecule has 3 rings (SSSR count). The van der Waals surface area contributed by atoms with E-state index in [4.69, 9.17) is 4.42 Å². The number of nitrogens with zero attached hydrogens (tertiary/aromatic N) is 1. The van der Waals surface area contributed by atoms with Crippen molar-refractivity contribution in [2.45, 2.75) is 19.0 Å². The molecule has 0 unspecified atom stereocenters. The molecule has 1 aliphatic rings. The zero-order chi connectivity index (χ0) is 14.9. The maximum Gasteiger partial charge on any atom is 0.264 e. The molecule has 3 heterocycles. The van der Waals surface area contributed by atoms with Gasteiger partial charge in [0.15, 0.2) is 9.84 Å². The van der Waals surface area contributed by atoms with E-state index in [1.807, 2.05) is 11.4 Å². The van der Waals surface area contributed by atoms with Gasteiger partial charge in [-0.2, -0.15) is 0 Å². The van der Waals surface area contributed by atoms with Crippen molar-refractivity contribution in [3.05, 3.63) is 46.5 Å². The molecule has 112 valence electrons. The van der Waals surface area contributed by atoms with Gasteiger partial charge in [-0.05, 0) is 30.0 Å². The Morgan fingerprint density at radius 3 is 2.81 bits per heavy atom. The lowest BCUT2D eigenvalue weighted by Crippen LogP contribution is -2.40. The van der Waals surface area contributed by atoms with Gasteiger partial charge in [0.2, 0.25) is 0 Å². The van der Waals surface area contributed by atoms with Crippen molar-refractivity contribution in [3.63, 3.8) is 0 Å². The van der Waals surface area contributed by atoms with Crippen LogP contribution in [0.25, 0.3) is 0 Å². The van der Waals surface area contributed by atoms with Gasteiger partial charge in [-0.3, -0.25) is 4.79 Å². The second kappa shape index (κ2) is 5.65. The summed E-state index contributed by atoms with van der Waals surface area (Å²) in [5.74, 6) is 0.696. The van der Waals surface area contributed by atoms with Crippen LogP contribution in [-0.4, -0.2) is 36.8 Å². The Morgan fingerprint density at radius 1 is 1.38 bits per heavy atom. The van der Waals surface area contributed by atoms with Crippen molar-refractivity contribution in [1.82, 2.24) is 4.90 Å². The van der Waals surface area contributed by atoms with Gasteiger partial charge in [-0.15, -0.1) is 11.3 Å². The van der Waals surface area contributed by atoms with E-state index in [1.54, 1.807) is 29.4 Å². The van der Waals surface area contributed by atoms with Crippen LogP contribution < -0.4 is 0 Å². The predicted molar refractivity (Wildman–Crippen MR) is 80.0 cm³/mol. The van der Waals surface area contributed by atoms with Crippen molar-refractivity contribution in [2.24, 2.45) is 0 Å². The fourth-order valence-electron chi connectivity index (χ4n) is 2.50. The van der Waals surface area contributed by atoms with Crippen molar-refractivity contribution in [1.29, 1.82) is 0 Å². The van der Waals surface area contributed by atoms with Crippen molar-refractivity contribution < 1.29 is 17.6 Å². The molecule has 1 aliphatic heterocycles. The zero-order valence-electron chi connectivity index (χ0n) is 11.3. The van der Waals surface area contributed by atoms with Crippen molar-refractivity contribution in [3.8, 4) is 0 Å². The molecule has 7 heteroatoms. The number of carbonyl (C=O) groups excluding carboxylic acids is 1. The van der Waals surface area contributed by atoms with E-state index >= 15 is 0 Å². The third-order valence-corrected chi connectivity index (χ3v) is 6.16. The first kappa shape index (κ1) is 14.3. The summed E-state index contributed by atoms with van der Waals surface area (Å²) >= 11 is 1.36. The third kappa shape index (κ3) is 3.19. The minimum Gasteiger partial charge on any atom is -0.467 e. The molecule has 21 heavy (non-hydrogen) atoms. The van der Waals surface area contributed by atoms with Crippen LogP contribution in [0.4, 0.5) is 0 Å². The van der Waals surface area contributed by atoms with E-state index < -0.39 is 9.84 Å². The van der Waals surface area contributed by atoms with Crippen LogP contribution >= 0.6 is 11.3 Å². The highest BCUT2D eigenvalue weighted by molar-refractivity contribution is 7.91. The molecule has 0 radical (unpaired) electrons. The lowest BCUT2D eigenvalue weighted by molar-refractivity contribution is 0.0671. The van der Waals surface area contributed by atoms with Gasteiger partial charge in [0.25, 0.3) is 5.91 Å². The van der Waals surface area contributed by atoms with Gasteiger partial charge in [0.1, 0.15) is 5.76 Å². The Morgan fingerprint density at radius 2 is 2.24 bits per heavy atom. The molecule has 0 saturated carbocycles. The largest absolute Gasteiger partial charge is 0.467 e. The van der Waals surface area contributed by atoms with E-state index in [-0.39, 0.29) is 23.5 Å². The van der Waals surface area contributed by atoms with Gasteiger partial charge in [0, 0.05) is 6.04 Å². The minimum atomic E-state index is -3.04. The van der Waals surface area contributed by atoms with Crippen LogP contribution in [0, 0.1) is 0 Å². The van der Waals surface area contributed by atoms with Crippen LogP contribution in [0.15, 0.2) is 40.3 Å². The first-order valence-corrected chi connectivity index (χ1v) is 9.32. The van der Waals surface area contributed by atoms with Gasteiger partial charge in [-0.1, -0.05) is 6.07 Å². The Bertz CT molecular complexity index is 704. The number of rotatable bonds is 4. The normalized spacial score (nSPS) is 20.5. The maximum absolute atomic E-state index is 12.6. The molecule has 1 amide bonds. The monoisotopic (exact) mass is 325 g/mol. The first-order valence-electron chi connectivity index (χ1n) is 6.62. The highest BCUT2D eigenvalue weighted by Crippen LogP contribution is 2.23. The number of thiophene rings is 1. The smallest absolute Gasteiger partial charge is 0.264 e. The molecule has 2 aromatic rings. The van der Waals surface area contributed by atoms with Crippen LogP contribution in [0.1, 0.15) is 21.9 Å². The number of furan rings is 1. The van der Waals surface area contributed by atoms with Gasteiger partial charge >= 0.3 is 0 Å². The number of carbonyl (C=O) groups is 1.